The molecule has 1 aliphatic rings. The fourth-order valence-corrected chi connectivity index (χ4v) is 2.03. The van der Waals surface area contributed by atoms with Gasteiger partial charge < -0.3 is 14.2 Å². The van der Waals surface area contributed by atoms with E-state index in [0.29, 0.717) is 5.92 Å². The van der Waals surface area contributed by atoms with Crippen molar-refractivity contribution in [2.24, 2.45) is 5.92 Å². The van der Waals surface area contributed by atoms with Crippen molar-refractivity contribution in [3.63, 3.8) is 0 Å². The molecule has 19 heavy (non-hydrogen) atoms. The molecule has 2 rings (SSSR count). The zero-order chi connectivity index (χ0) is 13.5. The van der Waals surface area contributed by atoms with Gasteiger partial charge in [0.15, 0.2) is 6.29 Å². The fourth-order valence-electron chi connectivity index (χ4n) is 2.03. The van der Waals surface area contributed by atoms with Gasteiger partial charge in [-0.2, -0.15) is 0 Å². The monoisotopic (exact) mass is 264 g/mol. The molecule has 0 N–H and O–H groups in total. The highest BCUT2D eigenvalue weighted by Crippen LogP contribution is 2.27. The van der Waals surface area contributed by atoms with Crippen LogP contribution in [0.3, 0.4) is 0 Å². The lowest BCUT2D eigenvalue weighted by Crippen LogP contribution is -2.26. The Morgan fingerprint density at radius 3 is 2.37 bits per heavy atom. The molecule has 0 radical (unpaired) electrons. The molecule has 0 atom stereocenters. The molecule has 1 saturated heterocycles. The smallest absolute Gasteiger partial charge is 0.183 e. The van der Waals surface area contributed by atoms with E-state index in [9.17, 15) is 0 Å². The Hall–Kier alpha value is -1.06. The molecule has 1 fully saturated rings. The van der Waals surface area contributed by atoms with Gasteiger partial charge in [0.25, 0.3) is 0 Å². The van der Waals surface area contributed by atoms with Gasteiger partial charge >= 0.3 is 0 Å². The Kier molecular flexibility index (Phi) is 5.67. The van der Waals surface area contributed by atoms with Crippen molar-refractivity contribution in [3.05, 3.63) is 29.8 Å². The first-order valence-electron chi connectivity index (χ1n) is 7.29. The first-order valence-corrected chi connectivity index (χ1v) is 7.29. The van der Waals surface area contributed by atoms with Crippen molar-refractivity contribution in [2.45, 2.75) is 39.4 Å². The van der Waals surface area contributed by atoms with Crippen LogP contribution >= 0.6 is 0 Å². The van der Waals surface area contributed by atoms with Crippen LogP contribution in [0.5, 0.6) is 5.75 Å². The average molecular weight is 264 g/mol. The summed E-state index contributed by atoms with van der Waals surface area (Å²) in [4.78, 5) is 0. The normalized spacial score (nSPS) is 23.3. The van der Waals surface area contributed by atoms with Crippen molar-refractivity contribution in [3.8, 4) is 5.75 Å². The minimum atomic E-state index is -0.215. The molecule has 0 unspecified atom stereocenters. The predicted octanol–water partition coefficient (Wildman–Crippen LogP) is 3.94. The number of rotatable bonds is 6. The lowest BCUT2D eigenvalue weighted by molar-refractivity contribution is -0.205. The summed E-state index contributed by atoms with van der Waals surface area (Å²) in [5, 5.41) is 0. The highest BCUT2D eigenvalue weighted by molar-refractivity contribution is 5.28. The summed E-state index contributed by atoms with van der Waals surface area (Å²) in [6.45, 7) is 6.68. The molecule has 1 heterocycles. The molecule has 1 aliphatic heterocycles. The third kappa shape index (κ3) is 4.22. The second-order valence-electron chi connectivity index (χ2n) is 5.04. The Labute approximate surface area is 115 Å². The minimum absolute atomic E-state index is 0.215. The van der Waals surface area contributed by atoms with Crippen LogP contribution in [0.1, 0.15) is 45.0 Å². The van der Waals surface area contributed by atoms with Gasteiger partial charge in [-0.05, 0) is 25.0 Å². The van der Waals surface area contributed by atoms with Crippen LogP contribution in [0.25, 0.3) is 0 Å². The van der Waals surface area contributed by atoms with Crippen molar-refractivity contribution < 1.29 is 14.2 Å². The van der Waals surface area contributed by atoms with E-state index in [-0.39, 0.29) is 6.29 Å². The Morgan fingerprint density at radius 1 is 1.11 bits per heavy atom. The summed E-state index contributed by atoms with van der Waals surface area (Å²) in [7, 11) is 0. The molecule has 1 aromatic carbocycles. The zero-order valence-corrected chi connectivity index (χ0v) is 11.9. The van der Waals surface area contributed by atoms with Gasteiger partial charge in [0.05, 0.1) is 19.8 Å². The summed E-state index contributed by atoms with van der Waals surface area (Å²) in [5.74, 6) is 1.45. The molecule has 3 nitrogen and oxygen atoms in total. The van der Waals surface area contributed by atoms with Gasteiger partial charge in [-0.25, -0.2) is 0 Å². The highest BCUT2D eigenvalue weighted by atomic mass is 16.7. The van der Waals surface area contributed by atoms with Gasteiger partial charge in [-0.15, -0.1) is 0 Å². The molecule has 0 amide bonds. The maximum Gasteiger partial charge on any atom is 0.183 e. The third-order valence-electron chi connectivity index (χ3n) is 3.46. The van der Waals surface area contributed by atoms with E-state index in [2.05, 4.69) is 13.8 Å². The second-order valence-corrected chi connectivity index (χ2v) is 5.04. The number of hydrogen-bond donors (Lipinski definition) is 0. The van der Waals surface area contributed by atoms with Crippen molar-refractivity contribution in [1.29, 1.82) is 0 Å². The van der Waals surface area contributed by atoms with E-state index in [1.54, 1.807) is 0 Å². The van der Waals surface area contributed by atoms with Gasteiger partial charge in [0.2, 0.25) is 0 Å². The summed E-state index contributed by atoms with van der Waals surface area (Å²) in [6.07, 6.45) is 3.14. The van der Waals surface area contributed by atoms with E-state index >= 15 is 0 Å². The molecule has 106 valence electrons. The Bertz CT molecular complexity index is 353. The molecular formula is C16H24O3. The molecule has 0 aromatic heterocycles. The second kappa shape index (κ2) is 7.51. The van der Waals surface area contributed by atoms with E-state index < -0.39 is 0 Å². The average Bonchev–Trinajstić information content (AvgIpc) is 2.48. The quantitative estimate of drug-likeness (QED) is 0.728. The lowest BCUT2D eigenvalue weighted by atomic mass is 10.1. The van der Waals surface area contributed by atoms with Gasteiger partial charge in [-0.1, -0.05) is 32.4 Å². The lowest BCUT2D eigenvalue weighted by Gasteiger charge is -2.29. The van der Waals surface area contributed by atoms with Gasteiger partial charge in [0, 0.05) is 11.5 Å². The molecule has 1 aromatic rings. The maximum absolute atomic E-state index is 5.74. The topological polar surface area (TPSA) is 27.7 Å². The van der Waals surface area contributed by atoms with Crippen LogP contribution in [0.15, 0.2) is 24.3 Å². The van der Waals surface area contributed by atoms with E-state index in [4.69, 9.17) is 14.2 Å². The van der Waals surface area contributed by atoms with Crippen LogP contribution < -0.4 is 4.74 Å². The fraction of sp³-hybridized carbons (Fsp3) is 0.625. The molecule has 0 aliphatic carbocycles. The van der Waals surface area contributed by atoms with E-state index in [0.717, 1.165) is 50.4 Å². The van der Waals surface area contributed by atoms with Crippen LogP contribution in [0.4, 0.5) is 0 Å². The first-order chi connectivity index (χ1) is 9.33. The van der Waals surface area contributed by atoms with E-state index in [1.807, 2.05) is 24.3 Å². The SMILES string of the molecule is CCCCOc1ccc(C2OCC(CC)CO2)cc1. The number of benzene rings is 1. The number of hydrogen-bond acceptors (Lipinski definition) is 3. The summed E-state index contributed by atoms with van der Waals surface area (Å²) < 4.78 is 17.1. The Morgan fingerprint density at radius 2 is 1.79 bits per heavy atom. The number of unbranched alkanes of at least 4 members (excludes halogenated alkanes) is 1. The number of ether oxygens (including phenoxy) is 3. The third-order valence-corrected chi connectivity index (χ3v) is 3.46. The summed E-state index contributed by atoms with van der Waals surface area (Å²) in [5.41, 5.74) is 1.07. The van der Waals surface area contributed by atoms with Gasteiger partial charge in [-0.3, -0.25) is 0 Å². The summed E-state index contributed by atoms with van der Waals surface area (Å²) >= 11 is 0. The first kappa shape index (κ1) is 14.4. The zero-order valence-electron chi connectivity index (χ0n) is 11.9. The van der Waals surface area contributed by atoms with E-state index in [1.165, 1.54) is 0 Å². The van der Waals surface area contributed by atoms with Crippen molar-refractivity contribution in [1.82, 2.24) is 0 Å². The van der Waals surface area contributed by atoms with Crippen LogP contribution in [-0.2, 0) is 9.47 Å². The molecule has 3 heteroatoms. The van der Waals surface area contributed by atoms with Crippen LogP contribution in [0.2, 0.25) is 0 Å². The van der Waals surface area contributed by atoms with Crippen molar-refractivity contribution in [2.75, 3.05) is 19.8 Å². The highest BCUT2D eigenvalue weighted by Gasteiger charge is 2.22. The maximum atomic E-state index is 5.74. The molecule has 0 spiro atoms. The van der Waals surface area contributed by atoms with Crippen LogP contribution in [0, 0.1) is 5.92 Å². The standard InChI is InChI=1S/C16H24O3/c1-3-5-10-17-15-8-6-14(7-9-15)16-18-11-13(4-2)12-19-16/h6-9,13,16H,3-5,10-12H2,1-2H3. The molecular weight excluding hydrogens is 240 g/mol. The van der Waals surface area contributed by atoms with Crippen molar-refractivity contribution >= 4 is 0 Å². The van der Waals surface area contributed by atoms with Crippen LogP contribution in [-0.4, -0.2) is 19.8 Å². The largest absolute Gasteiger partial charge is 0.494 e. The molecule has 0 saturated carbocycles. The minimum Gasteiger partial charge on any atom is -0.494 e. The summed E-state index contributed by atoms with van der Waals surface area (Å²) in [6, 6.07) is 8.03. The Balaban J connectivity index is 1.84. The molecule has 0 bridgehead atoms. The van der Waals surface area contributed by atoms with Gasteiger partial charge in [0.1, 0.15) is 5.75 Å². The predicted molar refractivity (Wildman–Crippen MR) is 75.3 cm³/mol.